The van der Waals surface area contributed by atoms with E-state index < -0.39 is 0 Å². The third-order valence-corrected chi connectivity index (χ3v) is 3.85. The molecule has 7 heteroatoms. The average Bonchev–Trinajstić information content (AvgIpc) is 2.60. The summed E-state index contributed by atoms with van der Waals surface area (Å²) in [5.41, 5.74) is 0.637. The van der Waals surface area contributed by atoms with E-state index >= 15 is 0 Å². The van der Waals surface area contributed by atoms with E-state index in [0.717, 1.165) is 6.42 Å². The van der Waals surface area contributed by atoms with Gasteiger partial charge in [-0.2, -0.15) is 0 Å². The van der Waals surface area contributed by atoms with Gasteiger partial charge in [0.2, 0.25) is 5.91 Å². The molecule has 0 saturated carbocycles. The zero-order valence-corrected chi connectivity index (χ0v) is 15.7. The Morgan fingerprint density at radius 1 is 1.27 bits per heavy atom. The molecule has 140 valence electrons. The molecule has 1 atom stereocenters. The minimum Gasteiger partial charge on any atom is -0.491 e. The first-order chi connectivity index (χ1) is 12.4. The van der Waals surface area contributed by atoms with Crippen molar-refractivity contribution < 1.29 is 9.53 Å². The van der Waals surface area contributed by atoms with Crippen LogP contribution in [-0.4, -0.2) is 33.2 Å². The normalized spacial score (nSPS) is 12.0. The molecule has 1 heterocycles. The van der Waals surface area contributed by atoms with Crippen molar-refractivity contribution >= 4 is 5.91 Å². The number of benzene rings is 1. The Morgan fingerprint density at radius 3 is 2.69 bits per heavy atom. The maximum absolute atomic E-state index is 12.2. The smallest absolute Gasteiger partial charge is 0.273 e. The third kappa shape index (κ3) is 5.68. The summed E-state index contributed by atoms with van der Waals surface area (Å²) in [5.74, 6) is 0.978. The van der Waals surface area contributed by atoms with Crippen LogP contribution in [0.2, 0.25) is 0 Å². The molecule has 0 spiro atoms. The first kappa shape index (κ1) is 19.6. The molecule has 1 aromatic heterocycles. The standard InChI is InChI=1S/C19H26N4O3/c1-5-13(4)20-17(24)10-9-16-19(25)21-18(23-22-16)14-7-6-8-15(11-14)26-12(2)3/h6-8,11-13H,5,9-10H2,1-4H3,(H,20,24)(H,21,23,25). The summed E-state index contributed by atoms with van der Waals surface area (Å²) >= 11 is 0. The number of carbonyl (C=O) groups excluding carboxylic acids is 1. The van der Waals surface area contributed by atoms with E-state index in [0.29, 0.717) is 17.1 Å². The van der Waals surface area contributed by atoms with Crippen LogP contribution in [0, 0.1) is 0 Å². The molecule has 0 aliphatic rings. The summed E-state index contributed by atoms with van der Waals surface area (Å²) in [6, 6.07) is 7.43. The minimum absolute atomic E-state index is 0.0549. The maximum atomic E-state index is 12.2. The molecule has 0 saturated heterocycles. The van der Waals surface area contributed by atoms with Crippen LogP contribution in [0.3, 0.4) is 0 Å². The zero-order chi connectivity index (χ0) is 19.1. The Bertz CT molecular complexity index is 801. The highest BCUT2D eigenvalue weighted by atomic mass is 16.5. The second kappa shape index (κ2) is 9.12. The zero-order valence-electron chi connectivity index (χ0n) is 15.7. The highest BCUT2D eigenvalue weighted by Crippen LogP contribution is 2.20. The van der Waals surface area contributed by atoms with Gasteiger partial charge in [-0.15, -0.1) is 10.2 Å². The predicted molar refractivity (Wildman–Crippen MR) is 100 cm³/mol. The molecule has 1 amide bonds. The number of carbonyl (C=O) groups is 1. The first-order valence-corrected chi connectivity index (χ1v) is 8.91. The summed E-state index contributed by atoms with van der Waals surface area (Å²) in [7, 11) is 0. The second-order valence-electron chi connectivity index (χ2n) is 6.52. The van der Waals surface area contributed by atoms with Gasteiger partial charge in [0.05, 0.1) is 6.10 Å². The quantitative estimate of drug-likeness (QED) is 0.755. The largest absolute Gasteiger partial charge is 0.491 e. The van der Waals surface area contributed by atoms with Crippen molar-refractivity contribution in [3.8, 4) is 17.1 Å². The van der Waals surface area contributed by atoms with Crippen molar-refractivity contribution in [3.05, 3.63) is 40.3 Å². The summed E-state index contributed by atoms with van der Waals surface area (Å²) in [4.78, 5) is 26.8. The number of H-pyrrole nitrogens is 1. The number of hydrogen-bond acceptors (Lipinski definition) is 5. The SMILES string of the molecule is CCC(C)NC(=O)CCc1nnc(-c2cccc(OC(C)C)c2)[nH]c1=O. The van der Waals surface area contributed by atoms with E-state index in [1.165, 1.54) is 0 Å². The number of nitrogens with zero attached hydrogens (tertiary/aromatic N) is 2. The van der Waals surface area contributed by atoms with Crippen LogP contribution in [0.4, 0.5) is 0 Å². The molecule has 0 aliphatic carbocycles. The molecule has 0 radical (unpaired) electrons. The van der Waals surface area contributed by atoms with Crippen molar-refractivity contribution in [1.29, 1.82) is 0 Å². The number of hydrogen-bond donors (Lipinski definition) is 2. The van der Waals surface area contributed by atoms with Gasteiger partial charge in [-0.25, -0.2) is 0 Å². The van der Waals surface area contributed by atoms with E-state index in [-0.39, 0.29) is 42.1 Å². The molecule has 0 bridgehead atoms. The molecule has 7 nitrogen and oxygen atoms in total. The van der Waals surface area contributed by atoms with Crippen LogP contribution in [0.25, 0.3) is 11.4 Å². The summed E-state index contributed by atoms with van der Waals surface area (Å²) in [6.07, 6.45) is 1.38. The Morgan fingerprint density at radius 2 is 2.04 bits per heavy atom. The van der Waals surface area contributed by atoms with E-state index in [1.807, 2.05) is 45.9 Å². The molecule has 0 fully saturated rings. The van der Waals surface area contributed by atoms with Crippen molar-refractivity contribution in [3.63, 3.8) is 0 Å². The molecule has 2 N–H and O–H groups in total. The van der Waals surface area contributed by atoms with Crippen LogP contribution in [0.15, 0.2) is 29.1 Å². The lowest BCUT2D eigenvalue weighted by Gasteiger charge is -2.11. The topological polar surface area (TPSA) is 97.0 Å². The third-order valence-electron chi connectivity index (χ3n) is 3.85. The van der Waals surface area contributed by atoms with Crippen LogP contribution < -0.4 is 15.6 Å². The number of aryl methyl sites for hydroxylation is 1. The van der Waals surface area contributed by atoms with Crippen molar-refractivity contribution in [1.82, 2.24) is 20.5 Å². The lowest BCUT2D eigenvalue weighted by molar-refractivity contribution is -0.121. The summed E-state index contributed by atoms with van der Waals surface area (Å²) in [5, 5.41) is 11.0. The van der Waals surface area contributed by atoms with Crippen LogP contribution in [0.1, 0.15) is 46.2 Å². The summed E-state index contributed by atoms with van der Waals surface area (Å²) < 4.78 is 5.65. The highest BCUT2D eigenvalue weighted by molar-refractivity contribution is 5.76. The van der Waals surface area contributed by atoms with Gasteiger partial charge in [-0.1, -0.05) is 19.1 Å². The van der Waals surface area contributed by atoms with Crippen molar-refractivity contribution in [2.24, 2.45) is 0 Å². The minimum atomic E-state index is -0.332. The molecule has 2 rings (SSSR count). The van der Waals surface area contributed by atoms with Crippen LogP contribution in [0.5, 0.6) is 5.75 Å². The monoisotopic (exact) mass is 358 g/mol. The Kier molecular flexibility index (Phi) is 6.89. The lowest BCUT2D eigenvalue weighted by Crippen LogP contribution is -2.32. The number of aromatic amines is 1. The Balaban J connectivity index is 2.07. The van der Waals surface area contributed by atoms with E-state index in [2.05, 4.69) is 20.5 Å². The van der Waals surface area contributed by atoms with E-state index in [4.69, 9.17) is 4.74 Å². The maximum Gasteiger partial charge on any atom is 0.273 e. The van der Waals surface area contributed by atoms with Gasteiger partial charge >= 0.3 is 0 Å². The number of amides is 1. The van der Waals surface area contributed by atoms with E-state index in [1.54, 1.807) is 6.07 Å². The van der Waals surface area contributed by atoms with Gasteiger partial charge in [-0.05, 0) is 39.3 Å². The van der Waals surface area contributed by atoms with E-state index in [9.17, 15) is 9.59 Å². The number of aromatic nitrogens is 3. The fraction of sp³-hybridized carbons (Fsp3) is 0.474. The van der Waals surface area contributed by atoms with Crippen molar-refractivity contribution in [2.75, 3.05) is 0 Å². The van der Waals surface area contributed by atoms with Gasteiger partial charge in [0, 0.05) is 24.4 Å². The Hall–Kier alpha value is -2.70. The van der Waals surface area contributed by atoms with Crippen LogP contribution in [-0.2, 0) is 11.2 Å². The van der Waals surface area contributed by atoms with Crippen LogP contribution >= 0.6 is 0 Å². The molecular weight excluding hydrogens is 332 g/mol. The lowest BCUT2D eigenvalue weighted by atomic mass is 10.2. The fourth-order valence-corrected chi connectivity index (χ4v) is 2.32. The number of rotatable bonds is 8. The van der Waals surface area contributed by atoms with Crippen molar-refractivity contribution in [2.45, 2.75) is 59.1 Å². The highest BCUT2D eigenvalue weighted by Gasteiger charge is 2.11. The molecule has 2 aromatic rings. The molecular formula is C19H26N4O3. The fourth-order valence-electron chi connectivity index (χ4n) is 2.32. The first-order valence-electron chi connectivity index (χ1n) is 8.91. The Labute approximate surface area is 153 Å². The van der Waals surface area contributed by atoms with Gasteiger partial charge in [0.1, 0.15) is 11.4 Å². The van der Waals surface area contributed by atoms with Gasteiger partial charge in [0.15, 0.2) is 5.82 Å². The second-order valence-corrected chi connectivity index (χ2v) is 6.52. The molecule has 1 aromatic carbocycles. The number of nitrogens with one attached hydrogen (secondary N) is 2. The average molecular weight is 358 g/mol. The molecule has 0 aliphatic heterocycles. The predicted octanol–water partition coefficient (Wildman–Crippen LogP) is 2.47. The molecule has 26 heavy (non-hydrogen) atoms. The number of ether oxygens (including phenoxy) is 1. The van der Waals surface area contributed by atoms with Gasteiger partial charge in [0.25, 0.3) is 5.56 Å². The molecule has 1 unspecified atom stereocenters. The summed E-state index contributed by atoms with van der Waals surface area (Å²) in [6.45, 7) is 7.83. The van der Waals surface area contributed by atoms with Gasteiger partial charge < -0.3 is 15.0 Å². The van der Waals surface area contributed by atoms with Gasteiger partial charge in [-0.3, -0.25) is 9.59 Å².